The third-order valence-electron chi connectivity index (χ3n) is 3.00. The van der Waals surface area contributed by atoms with Crippen LogP contribution in [0.4, 0.5) is 0 Å². The number of thiophene rings is 1. The number of carbonyl (C=O) groups is 1. The third kappa shape index (κ3) is 3.59. The molecule has 96 valence electrons. The van der Waals surface area contributed by atoms with Crippen molar-refractivity contribution in [2.45, 2.75) is 32.2 Å². The molecule has 1 fully saturated rings. The van der Waals surface area contributed by atoms with E-state index in [4.69, 9.17) is 5.11 Å². The summed E-state index contributed by atoms with van der Waals surface area (Å²) in [5.41, 5.74) is 0.681. The molecule has 0 aromatic carbocycles. The number of amides is 1. The van der Waals surface area contributed by atoms with Gasteiger partial charge in [0.05, 0.1) is 17.0 Å². The summed E-state index contributed by atoms with van der Waals surface area (Å²) in [6.07, 6.45) is 2.92. The minimum Gasteiger partial charge on any atom is -0.395 e. The fraction of sp³-hybridized carbons (Fsp3) is 0.500. The standard InChI is InChI=1S/C14H17NO2S/c1-10(11-5-6-11)15-14(17)12-8-13(18-9-12)4-2-3-7-16/h8-11,16H,3,5-7H2,1H3,(H,15,17). The molecule has 1 aliphatic rings. The number of hydrogen-bond acceptors (Lipinski definition) is 3. The lowest BCUT2D eigenvalue weighted by atomic mass is 10.2. The number of nitrogens with one attached hydrogen (secondary N) is 1. The van der Waals surface area contributed by atoms with E-state index in [0.717, 1.165) is 4.88 Å². The van der Waals surface area contributed by atoms with Crippen LogP contribution in [0.25, 0.3) is 0 Å². The molecule has 1 aromatic rings. The molecule has 1 aromatic heterocycles. The van der Waals surface area contributed by atoms with Crippen molar-refractivity contribution in [2.24, 2.45) is 5.92 Å². The van der Waals surface area contributed by atoms with Crippen LogP contribution in [0.2, 0.25) is 0 Å². The van der Waals surface area contributed by atoms with Gasteiger partial charge in [-0.2, -0.15) is 0 Å². The van der Waals surface area contributed by atoms with Gasteiger partial charge in [-0.15, -0.1) is 11.3 Å². The van der Waals surface area contributed by atoms with Crippen molar-refractivity contribution in [3.05, 3.63) is 21.9 Å². The predicted molar refractivity (Wildman–Crippen MR) is 72.6 cm³/mol. The van der Waals surface area contributed by atoms with Gasteiger partial charge < -0.3 is 10.4 Å². The zero-order chi connectivity index (χ0) is 13.0. The van der Waals surface area contributed by atoms with Crippen LogP contribution < -0.4 is 5.32 Å². The van der Waals surface area contributed by atoms with Gasteiger partial charge >= 0.3 is 0 Å². The van der Waals surface area contributed by atoms with Crippen molar-refractivity contribution in [1.29, 1.82) is 0 Å². The Morgan fingerprint density at radius 3 is 3.11 bits per heavy atom. The van der Waals surface area contributed by atoms with E-state index in [2.05, 4.69) is 24.1 Å². The van der Waals surface area contributed by atoms with Gasteiger partial charge in [0.15, 0.2) is 0 Å². The maximum Gasteiger partial charge on any atom is 0.252 e. The van der Waals surface area contributed by atoms with Crippen LogP contribution in [0.5, 0.6) is 0 Å². The Morgan fingerprint density at radius 2 is 2.44 bits per heavy atom. The van der Waals surface area contributed by atoms with Gasteiger partial charge in [-0.05, 0) is 31.7 Å². The molecule has 1 atom stereocenters. The second kappa shape index (κ2) is 6.03. The highest BCUT2D eigenvalue weighted by Gasteiger charge is 2.29. The van der Waals surface area contributed by atoms with Crippen molar-refractivity contribution in [1.82, 2.24) is 5.32 Å². The smallest absolute Gasteiger partial charge is 0.252 e. The van der Waals surface area contributed by atoms with Gasteiger partial charge in [0.1, 0.15) is 0 Å². The van der Waals surface area contributed by atoms with E-state index in [1.807, 2.05) is 11.4 Å². The van der Waals surface area contributed by atoms with Gasteiger partial charge in [0.25, 0.3) is 5.91 Å². The van der Waals surface area contributed by atoms with E-state index in [0.29, 0.717) is 17.9 Å². The normalized spacial score (nSPS) is 15.7. The van der Waals surface area contributed by atoms with Crippen molar-refractivity contribution < 1.29 is 9.90 Å². The minimum absolute atomic E-state index is 0.0131. The van der Waals surface area contributed by atoms with Gasteiger partial charge in [-0.1, -0.05) is 11.8 Å². The van der Waals surface area contributed by atoms with Crippen LogP contribution in [0.15, 0.2) is 11.4 Å². The molecule has 0 saturated heterocycles. The average molecular weight is 263 g/mol. The zero-order valence-electron chi connectivity index (χ0n) is 10.4. The van der Waals surface area contributed by atoms with Crippen molar-refractivity contribution in [2.75, 3.05) is 6.61 Å². The average Bonchev–Trinajstić information content (AvgIpc) is 3.10. The monoisotopic (exact) mass is 263 g/mol. The Kier molecular flexibility index (Phi) is 4.40. The van der Waals surface area contributed by atoms with Gasteiger partial charge in [0.2, 0.25) is 0 Å². The molecule has 2 N–H and O–H groups in total. The second-order valence-electron chi connectivity index (χ2n) is 4.57. The Hall–Kier alpha value is -1.31. The highest BCUT2D eigenvalue weighted by Crippen LogP contribution is 2.32. The van der Waals surface area contributed by atoms with Crippen molar-refractivity contribution in [3.63, 3.8) is 0 Å². The Labute approximate surface area is 111 Å². The first kappa shape index (κ1) is 13.1. The quantitative estimate of drug-likeness (QED) is 0.816. The number of hydrogen-bond donors (Lipinski definition) is 2. The molecule has 1 saturated carbocycles. The molecule has 0 aliphatic heterocycles. The van der Waals surface area contributed by atoms with Gasteiger partial charge in [0, 0.05) is 17.8 Å². The van der Waals surface area contributed by atoms with Crippen molar-refractivity contribution in [3.8, 4) is 11.8 Å². The molecule has 0 radical (unpaired) electrons. The molecule has 0 spiro atoms. The predicted octanol–water partition coefficient (Wildman–Crippen LogP) is 2.01. The van der Waals surface area contributed by atoms with Crippen LogP contribution in [0, 0.1) is 17.8 Å². The summed E-state index contributed by atoms with van der Waals surface area (Å²) in [7, 11) is 0. The van der Waals surface area contributed by atoms with Crippen LogP contribution in [0.1, 0.15) is 41.4 Å². The topological polar surface area (TPSA) is 49.3 Å². The molecular formula is C14H17NO2S. The summed E-state index contributed by atoms with van der Waals surface area (Å²) >= 11 is 1.46. The summed E-state index contributed by atoms with van der Waals surface area (Å²) in [6.45, 7) is 2.13. The summed E-state index contributed by atoms with van der Waals surface area (Å²) in [4.78, 5) is 12.8. The number of aliphatic hydroxyl groups excluding tert-OH is 1. The van der Waals surface area contributed by atoms with E-state index in [1.165, 1.54) is 24.2 Å². The maximum atomic E-state index is 11.9. The van der Waals surface area contributed by atoms with E-state index in [-0.39, 0.29) is 18.6 Å². The highest BCUT2D eigenvalue weighted by atomic mass is 32.1. The van der Waals surface area contributed by atoms with E-state index in [9.17, 15) is 4.79 Å². The first-order chi connectivity index (χ1) is 8.70. The lowest BCUT2D eigenvalue weighted by molar-refractivity contribution is 0.0936. The lowest BCUT2D eigenvalue weighted by Gasteiger charge is -2.11. The van der Waals surface area contributed by atoms with E-state index < -0.39 is 0 Å². The molecule has 0 bridgehead atoms. The first-order valence-electron chi connectivity index (χ1n) is 6.20. The summed E-state index contributed by atoms with van der Waals surface area (Å²) in [6, 6.07) is 2.07. The fourth-order valence-corrected chi connectivity index (χ4v) is 2.49. The van der Waals surface area contributed by atoms with Crippen LogP contribution >= 0.6 is 11.3 Å². The SMILES string of the molecule is CC(NC(=O)c1csc(C#CCCO)c1)C1CC1. The molecule has 1 amide bonds. The number of rotatable bonds is 4. The molecule has 18 heavy (non-hydrogen) atoms. The highest BCUT2D eigenvalue weighted by molar-refractivity contribution is 7.10. The molecule has 1 aliphatic carbocycles. The molecule has 2 rings (SSSR count). The summed E-state index contributed by atoms with van der Waals surface area (Å²) in [5, 5.41) is 13.5. The first-order valence-corrected chi connectivity index (χ1v) is 7.08. The maximum absolute atomic E-state index is 11.9. The lowest BCUT2D eigenvalue weighted by Crippen LogP contribution is -2.33. The molecular weight excluding hydrogens is 246 g/mol. The van der Waals surface area contributed by atoms with Crippen LogP contribution in [-0.4, -0.2) is 23.7 Å². The number of aliphatic hydroxyl groups is 1. The van der Waals surface area contributed by atoms with E-state index in [1.54, 1.807) is 0 Å². The Morgan fingerprint density at radius 1 is 1.67 bits per heavy atom. The van der Waals surface area contributed by atoms with Crippen molar-refractivity contribution >= 4 is 17.2 Å². The fourth-order valence-electron chi connectivity index (χ4n) is 1.73. The van der Waals surface area contributed by atoms with Gasteiger partial charge in [-0.3, -0.25) is 4.79 Å². The Bertz CT molecular complexity index is 479. The third-order valence-corrected chi connectivity index (χ3v) is 3.84. The second-order valence-corrected chi connectivity index (χ2v) is 5.49. The molecule has 3 nitrogen and oxygen atoms in total. The zero-order valence-corrected chi connectivity index (χ0v) is 11.2. The largest absolute Gasteiger partial charge is 0.395 e. The minimum atomic E-state index is -0.0131. The summed E-state index contributed by atoms with van der Waals surface area (Å²) in [5.74, 6) is 6.44. The Balaban J connectivity index is 1.92. The summed E-state index contributed by atoms with van der Waals surface area (Å²) < 4.78 is 0. The van der Waals surface area contributed by atoms with Crippen LogP contribution in [0.3, 0.4) is 0 Å². The number of carbonyl (C=O) groups excluding carboxylic acids is 1. The van der Waals surface area contributed by atoms with E-state index >= 15 is 0 Å². The molecule has 4 heteroatoms. The van der Waals surface area contributed by atoms with Crippen LogP contribution in [-0.2, 0) is 0 Å². The molecule has 1 unspecified atom stereocenters. The molecule has 1 heterocycles. The van der Waals surface area contributed by atoms with Gasteiger partial charge in [-0.25, -0.2) is 0 Å².